The molecule has 0 saturated carbocycles. The van der Waals surface area contributed by atoms with E-state index in [0.717, 1.165) is 17.5 Å². The summed E-state index contributed by atoms with van der Waals surface area (Å²) in [5.74, 6) is -0.400. The van der Waals surface area contributed by atoms with Gasteiger partial charge >= 0.3 is 0 Å². The van der Waals surface area contributed by atoms with Gasteiger partial charge < -0.3 is 31.0 Å². The number of nitrogens with one attached hydrogen (secondary N) is 1. The Morgan fingerprint density at radius 2 is 1.46 bits per heavy atom. The number of methoxy groups -OCH3 is 3. The predicted octanol–water partition coefficient (Wildman–Crippen LogP) is 5.00. The zero-order valence-electron chi connectivity index (χ0n) is 23.4. The van der Waals surface area contributed by atoms with Gasteiger partial charge in [0, 0.05) is 11.3 Å². The fraction of sp³-hybridized carbons (Fsp3) is 0.156. The van der Waals surface area contributed by atoms with Gasteiger partial charge in [0.25, 0.3) is 5.91 Å². The first-order valence-corrected chi connectivity index (χ1v) is 12.8. The van der Waals surface area contributed by atoms with Gasteiger partial charge in [-0.2, -0.15) is 0 Å². The van der Waals surface area contributed by atoms with E-state index in [0.29, 0.717) is 16.9 Å². The first-order valence-electron chi connectivity index (χ1n) is 12.8. The molecule has 9 nitrogen and oxygen atoms in total. The quantitative estimate of drug-likeness (QED) is 0.187. The van der Waals surface area contributed by atoms with Crippen LogP contribution in [0, 0.1) is 6.92 Å². The Balaban J connectivity index is 1.61. The van der Waals surface area contributed by atoms with Crippen molar-refractivity contribution in [1.82, 2.24) is 0 Å². The molecule has 0 spiro atoms. The van der Waals surface area contributed by atoms with Crippen LogP contribution in [-0.4, -0.2) is 39.0 Å². The van der Waals surface area contributed by atoms with Crippen molar-refractivity contribution in [1.29, 1.82) is 0 Å². The molecule has 0 saturated heterocycles. The predicted molar refractivity (Wildman–Crippen MR) is 160 cm³/mol. The van der Waals surface area contributed by atoms with E-state index < -0.39 is 5.91 Å². The number of amides is 2. The van der Waals surface area contributed by atoms with Crippen LogP contribution in [-0.2, 0) is 6.42 Å². The summed E-state index contributed by atoms with van der Waals surface area (Å²) in [5.41, 5.74) is 16.9. The third kappa shape index (κ3) is 6.47. The molecule has 0 bridgehead atoms. The Bertz CT molecular complexity index is 1600. The van der Waals surface area contributed by atoms with Gasteiger partial charge in [0.1, 0.15) is 5.84 Å². The molecule has 0 aromatic heterocycles. The number of nitrogens with two attached hydrogens (primary N) is 2. The summed E-state index contributed by atoms with van der Waals surface area (Å²) in [6, 6.07) is 24.3. The molecule has 41 heavy (non-hydrogen) atoms. The van der Waals surface area contributed by atoms with Gasteiger partial charge in [-0.15, -0.1) is 0 Å². The van der Waals surface area contributed by atoms with Crippen LogP contribution in [0.2, 0.25) is 0 Å². The summed E-state index contributed by atoms with van der Waals surface area (Å²) in [7, 11) is 4.28. The number of hydrogen-bond acceptors (Lipinski definition) is 6. The molecule has 4 aromatic carbocycles. The number of aliphatic imine (C=N–C) groups is 1. The number of ether oxygens (including phenoxy) is 3. The van der Waals surface area contributed by atoms with Gasteiger partial charge in [-0.3, -0.25) is 9.59 Å². The highest BCUT2D eigenvalue weighted by Gasteiger charge is 2.25. The minimum absolute atomic E-state index is 0.0354. The van der Waals surface area contributed by atoms with Crippen molar-refractivity contribution in [2.45, 2.75) is 13.3 Å². The Morgan fingerprint density at radius 1 is 0.805 bits per heavy atom. The lowest BCUT2D eigenvalue weighted by molar-refractivity contribution is 0.0996. The molecular formula is C32H32N4O5. The molecule has 4 rings (SSSR count). The number of anilines is 1. The van der Waals surface area contributed by atoms with Crippen LogP contribution in [0.1, 0.15) is 43.0 Å². The van der Waals surface area contributed by atoms with Crippen molar-refractivity contribution in [2.75, 3.05) is 26.6 Å². The SMILES string of the molecule is COc1cc(C(N)=O)c(C(N)=Nc2ccc(C)c(NC(=O)c3ccc(Cc4ccccc4)cc3)c2)c(OC)c1OC. The Labute approximate surface area is 238 Å². The van der Waals surface area contributed by atoms with E-state index in [1.54, 1.807) is 24.3 Å². The number of amidine groups is 1. The van der Waals surface area contributed by atoms with E-state index in [4.69, 9.17) is 25.7 Å². The Kier molecular flexibility index (Phi) is 8.88. The van der Waals surface area contributed by atoms with Crippen molar-refractivity contribution in [3.05, 3.63) is 112 Å². The fourth-order valence-corrected chi connectivity index (χ4v) is 4.41. The number of hydrogen-bond donors (Lipinski definition) is 3. The third-order valence-electron chi connectivity index (χ3n) is 6.54. The summed E-state index contributed by atoms with van der Waals surface area (Å²) in [4.78, 5) is 29.9. The van der Waals surface area contributed by atoms with Crippen molar-refractivity contribution < 1.29 is 23.8 Å². The van der Waals surface area contributed by atoms with E-state index in [9.17, 15) is 9.59 Å². The highest BCUT2D eigenvalue weighted by Crippen LogP contribution is 2.42. The molecule has 0 aliphatic heterocycles. The first-order chi connectivity index (χ1) is 19.7. The van der Waals surface area contributed by atoms with E-state index in [2.05, 4.69) is 22.4 Å². The van der Waals surface area contributed by atoms with Gasteiger partial charge in [0.2, 0.25) is 11.7 Å². The number of aryl methyl sites for hydroxylation is 1. The number of carbonyl (C=O) groups excluding carboxylic acids is 2. The van der Waals surface area contributed by atoms with Gasteiger partial charge in [-0.1, -0.05) is 48.5 Å². The van der Waals surface area contributed by atoms with Crippen LogP contribution in [0.15, 0.2) is 83.9 Å². The molecule has 210 valence electrons. The maximum Gasteiger partial charge on any atom is 0.255 e. The standard InChI is InChI=1S/C32H32N4O5/c1-19-10-15-23(35-30(33)27-24(31(34)37)18-26(39-2)28(40-3)29(27)41-4)17-25(19)36-32(38)22-13-11-21(12-14-22)16-20-8-6-5-7-9-20/h5-15,17-18H,16H2,1-4H3,(H2,33,35)(H2,34,37)(H,36,38). The first kappa shape index (κ1) is 28.7. The van der Waals surface area contributed by atoms with Crippen molar-refractivity contribution in [2.24, 2.45) is 16.5 Å². The zero-order chi connectivity index (χ0) is 29.5. The molecule has 0 radical (unpaired) electrons. The van der Waals surface area contributed by atoms with E-state index in [-0.39, 0.29) is 40.1 Å². The minimum atomic E-state index is -0.746. The lowest BCUT2D eigenvalue weighted by atomic mass is 10.0. The van der Waals surface area contributed by atoms with Crippen LogP contribution in [0.4, 0.5) is 11.4 Å². The summed E-state index contributed by atoms with van der Waals surface area (Å²) >= 11 is 0. The number of carbonyl (C=O) groups is 2. The lowest BCUT2D eigenvalue weighted by Crippen LogP contribution is -2.23. The average molecular weight is 553 g/mol. The van der Waals surface area contributed by atoms with Gasteiger partial charge in [0.15, 0.2) is 11.5 Å². The second kappa shape index (κ2) is 12.7. The highest BCUT2D eigenvalue weighted by molar-refractivity contribution is 6.12. The number of rotatable bonds is 10. The highest BCUT2D eigenvalue weighted by atomic mass is 16.5. The molecule has 9 heteroatoms. The summed E-state index contributed by atoms with van der Waals surface area (Å²) in [6.45, 7) is 1.87. The molecule has 0 fully saturated rings. The van der Waals surface area contributed by atoms with Crippen LogP contribution in [0.25, 0.3) is 0 Å². The Morgan fingerprint density at radius 3 is 2.07 bits per heavy atom. The summed E-state index contributed by atoms with van der Waals surface area (Å²) in [5, 5.41) is 2.95. The van der Waals surface area contributed by atoms with Gasteiger partial charge in [0.05, 0.1) is 38.1 Å². The maximum atomic E-state index is 13.1. The van der Waals surface area contributed by atoms with E-state index >= 15 is 0 Å². The number of primary amides is 1. The Hall–Kier alpha value is -5.31. The molecule has 2 amide bonds. The van der Waals surface area contributed by atoms with Crippen molar-refractivity contribution in [3.63, 3.8) is 0 Å². The largest absolute Gasteiger partial charge is 0.493 e. The maximum absolute atomic E-state index is 13.1. The van der Waals surface area contributed by atoms with E-state index in [1.807, 2.05) is 43.3 Å². The molecule has 0 aliphatic rings. The topological polar surface area (TPSA) is 138 Å². The molecule has 0 aliphatic carbocycles. The molecule has 0 heterocycles. The monoisotopic (exact) mass is 552 g/mol. The molecule has 4 aromatic rings. The molecule has 0 unspecified atom stereocenters. The van der Waals surface area contributed by atoms with Crippen LogP contribution < -0.4 is 31.0 Å². The van der Waals surface area contributed by atoms with Crippen LogP contribution in [0.3, 0.4) is 0 Å². The van der Waals surface area contributed by atoms with Crippen molar-refractivity contribution >= 4 is 29.0 Å². The average Bonchev–Trinajstić information content (AvgIpc) is 2.98. The second-order valence-electron chi connectivity index (χ2n) is 9.24. The summed E-state index contributed by atoms with van der Waals surface area (Å²) < 4.78 is 16.3. The molecule has 0 atom stereocenters. The fourth-order valence-electron chi connectivity index (χ4n) is 4.41. The molecular weight excluding hydrogens is 520 g/mol. The lowest BCUT2D eigenvalue weighted by Gasteiger charge is -2.18. The van der Waals surface area contributed by atoms with E-state index in [1.165, 1.54) is 33.0 Å². The number of nitrogens with zero attached hydrogens (tertiary/aromatic N) is 1. The van der Waals surface area contributed by atoms with Gasteiger partial charge in [-0.25, -0.2) is 4.99 Å². The molecule has 5 N–H and O–H groups in total. The number of benzene rings is 4. The third-order valence-corrected chi connectivity index (χ3v) is 6.54. The zero-order valence-corrected chi connectivity index (χ0v) is 23.4. The second-order valence-corrected chi connectivity index (χ2v) is 9.24. The van der Waals surface area contributed by atoms with Gasteiger partial charge in [-0.05, 0) is 60.4 Å². The smallest absolute Gasteiger partial charge is 0.255 e. The van der Waals surface area contributed by atoms with Crippen LogP contribution >= 0.6 is 0 Å². The van der Waals surface area contributed by atoms with Crippen molar-refractivity contribution in [3.8, 4) is 17.2 Å². The van der Waals surface area contributed by atoms with Crippen LogP contribution in [0.5, 0.6) is 17.2 Å². The summed E-state index contributed by atoms with van der Waals surface area (Å²) in [6.07, 6.45) is 0.783. The normalized spacial score (nSPS) is 11.1. The minimum Gasteiger partial charge on any atom is -0.493 e.